The summed E-state index contributed by atoms with van der Waals surface area (Å²) in [5.41, 5.74) is 6.13. The molecule has 0 fully saturated rings. The molecule has 0 radical (unpaired) electrons. The predicted molar refractivity (Wildman–Crippen MR) is 125 cm³/mol. The maximum atomic E-state index is 13.0. The Balaban J connectivity index is 2.02. The molecular weight excluding hydrogens is 370 g/mol. The number of carbonyl (C=O) groups excluding carboxylic acids is 1. The van der Waals surface area contributed by atoms with Crippen LogP contribution in [0.3, 0.4) is 0 Å². The van der Waals surface area contributed by atoms with Gasteiger partial charge in [-0.3, -0.25) is 9.20 Å². The maximum Gasteiger partial charge on any atom is 0.246 e. The molecule has 4 nitrogen and oxygen atoms in total. The number of imidazole rings is 1. The summed E-state index contributed by atoms with van der Waals surface area (Å²) in [5, 5.41) is 0. The van der Waals surface area contributed by atoms with Crippen LogP contribution in [0.2, 0.25) is 0 Å². The fourth-order valence-corrected chi connectivity index (χ4v) is 3.64. The number of rotatable bonds is 7. The van der Waals surface area contributed by atoms with Crippen molar-refractivity contribution in [1.82, 2.24) is 14.3 Å². The van der Waals surface area contributed by atoms with Gasteiger partial charge >= 0.3 is 0 Å². The molecule has 0 aliphatic heterocycles. The fourth-order valence-electron chi connectivity index (χ4n) is 3.64. The number of fused-ring (bicyclic) bond motifs is 1. The molecule has 0 saturated heterocycles. The molecule has 3 aromatic rings. The highest BCUT2D eigenvalue weighted by Crippen LogP contribution is 2.26. The number of hydrogen-bond acceptors (Lipinski definition) is 2. The first kappa shape index (κ1) is 21.8. The van der Waals surface area contributed by atoms with Crippen molar-refractivity contribution >= 4 is 17.6 Å². The molecule has 1 amide bonds. The second-order valence-corrected chi connectivity index (χ2v) is 9.01. The molecule has 2 aromatic heterocycles. The van der Waals surface area contributed by atoms with Crippen LogP contribution >= 0.6 is 0 Å². The van der Waals surface area contributed by atoms with E-state index in [4.69, 9.17) is 4.98 Å². The highest BCUT2D eigenvalue weighted by Gasteiger charge is 2.16. The minimum atomic E-state index is 0.0503. The topological polar surface area (TPSA) is 37.6 Å². The number of nitrogens with zero attached hydrogens (tertiary/aromatic N) is 3. The Morgan fingerprint density at radius 2 is 1.63 bits per heavy atom. The molecule has 0 unspecified atom stereocenters. The van der Waals surface area contributed by atoms with Gasteiger partial charge in [-0.1, -0.05) is 57.5 Å². The second kappa shape index (κ2) is 9.29. The second-order valence-electron chi connectivity index (χ2n) is 9.01. The molecule has 0 aliphatic carbocycles. The number of pyridine rings is 1. The van der Waals surface area contributed by atoms with Crippen molar-refractivity contribution in [3.8, 4) is 11.3 Å². The standard InChI is InChI=1S/C26H33N3O/c1-18(2)16-28(17-19(3)4)25(30)12-11-23-26(22-9-7-20(5)8-10-22)27-24-15-21(6)13-14-29(23)24/h7-15,18-19H,16-17H2,1-6H3/b12-11+. The van der Waals surface area contributed by atoms with Crippen LogP contribution in [0, 0.1) is 25.7 Å². The Bertz CT molecular complexity index is 1030. The lowest BCUT2D eigenvalue weighted by molar-refractivity contribution is -0.127. The third kappa shape index (κ3) is 5.18. The summed E-state index contributed by atoms with van der Waals surface area (Å²) < 4.78 is 2.06. The van der Waals surface area contributed by atoms with Crippen LogP contribution in [0.25, 0.3) is 23.0 Å². The van der Waals surface area contributed by atoms with E-state index < -0.39 is 0 Å². The van der Waals surface area contributed by atoms with Crippen LogP contribution in [-0.2, 0) is 4.79 Å². The smallest absolute Gasteiger partial charge is 0.246 e. The monoisotopic (exact) mass is 403 g/mol. The van der Waals surface area contributed by atoms with Gasteiger partial charge in [0.05, 0.1) is 11.4 Å². The molecule has 0 saturated carbocycles. The minimum absolute atomic E-state index is 0.0503. The van der Waals surface area contributed by atoms with Gasteiger partial charge < -0.3 is 4.90 Å². The molecule has 0 aliphatic rings. The van der Waals surface area contributed by atoms with Crippen molar-refractivity contribution in [3.63, 3.8) is 0 Å². The summed E-state index contributed by atoms with van der Waals surface area (Å²) in [6.07, 6.45) is 5.64. The molecule has 30 heavy (non-hydrogen) atoms. The Morgan fingerprint density at radius 3 is 2.23 bits per heavy atom. The molecule has 4 heteroatoms. The zero-order chi connectivity index (χ0) is 21.8. The third-order valence-corrected chi connectivity index (χ3v) is 5.01. The number of aryl methyl sites for hydroxylation is 2. The fraction of sp³-hybridized carbons (Fsp3) is 0.385. The van der Waals surface area contributed by atoms with Crippen molar-refractivity contribution in [2.24, 2.45) is 11.8 Å². The van der Waals surface area contributed by atoms with Crippen LogP contribution in [-0.4, -0.2) is 33.3 Å². The lowest BCUT2D eigenvalue weighted by atomic mass is 10.1. The van der Waals surface area contributed by atoms with Gasteiger partial charge in [0, 0.05) is 30.9 Å². The average molecular weight is 404 g/mol. The quantitative estimate of drug-likeness (QED) is 0.470. The van der Waals surface area contributed by atoms with Gasteiger partial charge in [0.2, 0.25) is 5.91 Å². The summed E-state index contributed by atoms with van der Waals surface area (Å²) in [4.78, 5) is 19.8. The highest BCUT2D eigenvalue weighted by molar-refractivity contribution is 5.93. The van der Waals surface area contributed by atoms with Gasteiger partial charge in [0.25, 0.3) is 0 Å². The molecule has 158 valence electrons. The summed E-state index contributed by atoms with van der Waals surface area (Å²) in [5.74, 6) is 0.917. The van der Waals surface area contributed by atoms with Crippen molar-refractivity contribution < 1.29 is 4.79 Å². The number of aromatic nitrogens is 2. The van der Waals surface area contributed by atoms with Gasteiger partial charge in [-0.15, -0.1) is 0 Å². The Kier molecular flexibility index (Phi) is 6.76. The van der Waals surface area contributed by atoms with E-state index in [1.807, 2.05) is 17.2 Å². The average Bonchev–Trinajstić information content (AvgIpc) is 3.02. The van der Waals surface area contributed by atoms with Gasteiger partial charge in [0.1, 0.15) is 5.65 Å². The molecule has 3 rings (SSSR count). The summed E-state index contributed by atoms with van der Waals surface area (Å²) >= 11 is 0. The summed E-state index contributed by atoms with van der Waals surface area (Å²) in [6, 6.07) is 12.5. The first-order valence-corrected chi connectivity index (χ1v) is 10.8. The maximum absolute atomic E-state index is 13.0. The molecule has 0 bridgehead atoms. The van der Waals surface area contributed by atoms with E-state index in [2.05, 4.69) is 82.3 Å². The SMILES string of the molecule is Cc1ccc(-c2nc3cc(C)ccn3c2/C=C/C(=O)N(CC(C)C)CC(C)C)cc1. The Morgan fingerprint density at radius 1 is 1.00 bits per heavy atom. The third-order valence-electron chi connectivity index (χ3n) is 5.01. The predicted octanol–water partition coefficient (Wildman–Crippen LogP) is 5.77. The van der Waals surface area contributed by atoms with Crippen LogP contribution in [0.5, 0.6) is 0 Å². The van der Waals surface area contributed by atoms with Gasteiger partial charge in [0.15, 0.2) is 0 Å². The van der Waals surface area contributed by atoms with Crippen LogP contribution in [0.1, 0.15) is 44.5 Å². The van der Waals surface area contributed by atoms with E-state index in [-0.39, 0.29) is 5.91 Å². The van der Waals surface area contributed by atoms with E-state index in [0.717, 1.165) is 41.3 Å². The highest BCUT2D eigenvalue weighted by atomic mass is 16.2. The minimum Gasteiger partial charge on any atom is -0.339 e. The largest absolute Gasteiger partial charge is 0.339 e. The summed E-state index contributed by atoms with van der Waals surface area (Å²) in [7, 11) is 0. The number of hydrogen-bond donors (Lipinski definition) is 0. The molecule has 0 N–H and O–H groups in total. The lowest BCUT2D eigenvalue weighted by Gasteiger charge is -2.25. The van der Waals surface area contributed by atoms with Gasteiger partial charge in [-0.25, -0.2) is 4.98 Å². The van der Waals surface area contributed by atoms with E-state index >= 15 is 0 Å². The van der Waals surface area contributed by atoms with E-state index in [1.54, 1.807) is 6.08 Å². The number of carbonyl (C=O) groups is 1. The number of amides is 1. The molecule has 0 spiro atoms. The normalized spacial score (nSPS) is 11.9. The lowest BCUT2D eigenvalue weighted by Crippen LogP contribution is -2.35. The van der Waals surface area contributed by atoms with Crippen LogP contribution in [0.15, 0.2) is 48.7 Å². The Hall–Kier alpha value is -2.88. The van der Waals surface area contributed by atoms with Crippen molar-refractivity contribution in [2.75, 3.05) is 13.1 Å². The molecular formula is C26H33N3O. The van der Waals surface area contributed by atoms with E-state index in [9.17, 15) is 4.79 Å². The Labute approximate surface area is 180 Å². The van der Waals surface area contributed by atoms with Crippen LogP contribution in [0.4, 0.5) is 0 Å². The molecule has 1 aromatic carbocycles. The molecule has 0 atom stereocenters. The zero-order valence-corrected chi connectivity index (χ0v) is 19.0. The van der Waals surface area contributed by atoms with Crippen molar-refractivity contribution in [2.45, 2.75) is 41.5 Å². The summed E-state index contributed by atoms with van der Waals surface area (Å²) in [6.45, 7) is 14.2. The number of benzene rings is 1. The van der Waals surface area contributed by atoms with Gasteiger partial charge in [-0.2, -0.15) is 0 Å². The van der Waals surface area contributed by atoms with E-state index in [1.165, 1.54) is 5.56 Å². The van der Waals surface area contributed by atoms with Gasteiger partial charge in [-0.05, 0) is 49.5 Å². The van der Waals surface area contributed by atoms with Crippen LogP contribution < -0.4 is 0 Å². The first-order valence-electron chi connectivity index (χ1n) is 10.8. The first-order chi connectivity index (χ1) is 14.2. The zero-order valence-electron chi connectivity index (χ0n) is 19.0. The van der Waals surface area contributed by atoms with Crippen molar-refractivity contribution in [3.05, 3.63) is 65.5 Å². The molecule has 2 heterocycles. The van der Waals surface area contributed by atoms with Crippen molar-refractivity contribution in [1.29, 1.82) is 0 Å². The van der Waals surface area contributed by atoms with E-state index in [0.29, 0.717) is 11.8 Å².